The molecule has 2 heterocycles. The third-order valence-corrected chi connectivity index (χ3v) is 4.60. The standard InChI is InChI=1S/C15H15ClN2O2S/c16-14-12(6-9-21-14)17-15(19)18-7-8-20-10-13(18)11-4-2-1-3-5-11/h1-6,9,13H,7-8,10H2,(H,17,19). The molecule has 2 amide bonds. The smallest absolute Gasteiger partial charge is 0.322 e. The topological polar surface area (TPSA) is 41.6 Å². The Morgan fingerprint density at radius 1 is 1.33 bits per heavy atom. The molecule has 0 radical (unpaired) electrons. The molecular weight excluding hydrogens is 308 g/mol. The van der Waals surface area contributed by atoms with Gasteiger partial charge in [0.1, 0.15) is 4.34 Å². The Morgan fingerprint density at radius 3 is 2.86 bits per heavy atom. The van der Waals surface area contributed by atoms with Gasteiger partial charge in [0.25, 0.3) is 0 Å². The number of hydrogen-bond acceptors (Lipinski definition) is 3. The molecule has 1 aliphatic heterocycles. The van der Waals surface area contributed by atoms with Crippen molar-refractivity contribution in [3.63, 3.8) is 0 Å². The van der Waals surface area contributed by atoms with Crippen molar-refractivity contribution < 1.29 is 9.53 Å². The molecule has 1 N–H and O–H groups in total. The minimum Gasteiger partial charge on any atom is -0.377 e. The van der Waals surface area contributed by atoms with Gasteiger partial charge in [0.2, 0.25) is 0 Å². The molecule has 110 valence electrons. The van der Waals surface area contributed by atoms with Crippen LogP contribution in [0, 0.1) is 0 Å². The third-order valence-electron chi connectivity index (χ3n) is 3.43. The van der Waals surface area contributed by atoms with Gasteiger partial charge in [-0.2, -0.15) is 0 Å². The average Bonchev–Trinajstić information content (AvgIpc) is 2.93. The van der Waals surface area contributed by atoms with Crippen LogP contribution in [0.5, 0.6) is 0 Å². The van der Waals surface area contributed by atoms with Crippen LogP contribution >= 0.6 is 22.9 Å². The second-order valence-electron chi connectivity index (χ2n) is 4.73. The second-order valence-corrected chi connectivity index (χ2v) is 6.25. The number of ether oxygens (including phenoxy) is 1. The number of amides is 2. The molecule has 1 atom stereocenters. The van der Waals surface area contributed by atoms with Gasteiger partial charge in [-0.3, -0.25) is 0 Å². The van der Waals surface area contributed by atoms with Crippen LogP contribution in [0.25, 0.3) is 0 Å². The molecule has 21 heavy (non-hydrogen) atoms. The van der Waals surface area contributed by atoms with Crippen LogP contribution in [-0.4, -0.2) is 30.7 Å². The third kappa shape index (κ3) is 3.20. The van der Waals surface area contributed by atoms with Gasteiger partial charge in [-0.1, -0.05) is 41.9 Å². The Bertz CT molecular complexity index is 617. The first-order valence-corrected chi connectivity index (χ1v) is 7.95. The molecule has 0 saturated carbocycles. The van der Waals surface area contributed by atoms with Crippen molar-refractivity contribution >= 4 is 34.7 Å². The van der Waals surface area contributed by atoms with E-state index in [1.165, 1.54) is 11.3 Å². The van der Waals surface area contributed by atoms with Crippen molar-refractivity contribution in [2.24, 2.45) is 0 Å². The Kier molecular flexibility index (Phi) is 4.43. The molecule has 1 aromatic heterocycles. The maximum Gasteiger partial charge on any atom is 0.322 e. The van der Waals surface area contributed by atoms with Crippen molar-refractivity contribution in [1.82, 2.24) is 4.90 Å². The monoisotopic (exact) mass is 322 g/mol. The summed E-state index contributed by atoms with van der Waals surface area (Å²) >= 11 is 7.43. The minimum atomic E-state index is -0.146. The van der Waals surface area contributed by atoms with Crippen LogP contribution < -0.4 is 5.32 Å². The Labute approximate surface area is 132 Å². The number of morpholine rings is 1. The number of halogens is 1. The molecule has 0 spiro atoms. The highest BCUT2D eigenvalue weighted by Crippen LogP contribution is 2.29. The van der Waals surface area contributed by atoms with Crippen LogP contribution in [0.2, 0.25) is 4.34 Å². The van der Waals surface area contributed by atoms with Gasteiger partial charge in [0, 0.05) is 6.54 Å². The molecule has 6 heteroatoms. The van der Waals surface area contributed by atoms with Crippen molar-refractivity contribution in [3.8, 4) is 0 Å². The molecular formula is C15H15ClN2O2S. The van der Waals surface area contributed by atoms with Gasteiger partial charge in [-0.05, 0) is 17.0 Å². The highest BCUT2D eigenvalue weighted by Gasteiger charge is 2.28. The van der Waals surface area contributed by atoms with E-state index in [0.717, 1.165) is 5.56 Å². The zero-order chi connectivity index (χ0) is 14.7. The Morgan fingerprint density at radius 2 is 2.14 bits per heavy atom. The first kappa shape index (κ1) is 14.4. The summed E-state index contributed by atoms with van der Waals surface area (Å²) in [6.45, 7) is 1.62. The highest BCUT2D eigenvalue weighted by atomic mass is 35.5. The second kappa shape index (κ2) is 6.47. The number of nitrogens with zero attached hydrogens (tertiary/aromatic N) is 1. The summed E-state index contributed by atoms with van der Waals surface area (Å²) in [5.74, 6) is 0. The number of rotatable bonds is 2. The summed E-state index contributed by atoms with van der Waals surface area (Å²) < 4.78 is 6.12. The number of carbonyl (C=O) groups excluding carboxylic acids is 1. The summed E-state index contributed by atoms with van der Waals surface area (Å²) in [7, 11) is 0. The van der Waals surface area contributed by atoms with Gasteiger partial charge in [0.15, 0.2) is 0 Å². The number of nitrogens with one attached hydrogen (secondary N) is 1. The average molecular weight is 323 g/mol. The molecule has 1 fully saturated rings. The van der Waals surface area contributed by atoms with E-state index in [0.29, 0.717) is 29.8 Å². The maximum absolute atomic E-state index is 12.5. The normalized spacial score (nSPS) is 18.5. The van der Waals surface area contributed by atoms with Crippen molar-refractivity contribution in [3.05, 3.63) is 51.7 Å². The molecule has 1 aliphatic rings. The lowest BCUT2D eigenvalue weighted by Crippen LogP contribution is -2.45. The number of urea groups is 1. The van der Waals surface area contributed by atoms with Gasteiger partial charge < -0.3 is 15.0 Å². The largest absolute Gasteiger partial charge is 0.377 e. The number of benzene rings is 1. The van der Waals surface area contributed by atoms with E-state index in [9.17, 15) is 4.79 Å². The van der Waals surface area contributed by atoms with Crippen LogP contribution in [0.3, 0.4) is 0 Å². The maximum atomic E-state index is 12.5. The molecule has 1 aromatic carbocycles. The van der Waals surface area contributed by atoms with Crippen molar-refractivity contribution in [2.45, 2.75) is 6.04 Å². The van der Waals surface area contributed by atoms with Crippen molar-refractivity contribution in [2.75, 3.05) is 25.1 Å². The summed E-state index contributed by atoms with van der Waals surface area (Å²) in [6, 6.07) is 11.5. The zero-order valence-electron chi connectivity index (χ0n) is 11.3. The fourth-order valence-electron chi connectivity index (χ4n) is 2.37. The summed E-state index contributed by atoms with van der Waals surface area (Å²) in [5, 5.41) is 4.72. The molecule has 3 rings (SSSR count). The predicted octanol–water partition coefficient (Wildman–Crippen LogP) is 4.01. The number of anilines is 1. The fraction of sp³-hybridized carbons (Fsp3) is 0.267. The first-order valence-electron chi connectivity index (χ1n) is 6.69. The van der Waals surface area contributed by atoms with Gasteiger partial charge in [-0.25, -0.2) is 4.79 Å². The predicted molar refractivity (Wildman–Crippen MR) is 85.1 cm³/mol. The zero-order valence-corrected chi connectivity index (χ0v) is 12.9. The van der Waals surface area contributed by atoms with Crippen molar-refractivity contribution in [1.29, 1.82) is 0 Å². The molecule has 0 aliphatic carbocycles. The summed E-state index contributed by atoms with van der Waals surface area (Å²) in [6.07, 6.45) is 0. The van der Waals surface area contributed by atoms with Gasteiger partial charge >= 0.3 is 6.03 Å². The van der Waals surface area contributed by atoms with Crippen LogP contribution in [-0.2, 0) is 4.74 Å². The highest BCUT2D eigenvalue weighted by molar-refractivity contribution is 7.15. The van der Waals surface area contributed by atoms with Crippen LogP contribution in [0.15, 0.2) is 41.8 Å². The number of hydrogen-bond donors (Lipinski definition) is 1. The fourth-order valence-corrected chi connectivity index (χ4v) is 3.20. The molecule has 1 saturated heterocycles. The Hall–Kier alpha value is -1.56. The number of carbonyl (C=O) groups is 1. The van der Waals surface area contributed by atoms with E-state index in [2.05, 4.69) is 5.32 Å². The lowest BCUT2D eigenvalue weighted by molar-refractivity contribution is 0.0148. The van der Waals surface area contributed by atoms with Gasteiger partial charge in [0.05, 0.1) is 24.9 Å². The first-order chi connectivity index (χ1) is 10.3. The number of thiophene rings is 1. The van der Waals surface area contributed by atoms with E-state index in [-0.39, 0.29) is 12.1 Å². The molecule has 1 unspecified atom stereocenters. The summed E-state index contributed by atoms with van der Waals surface area (Å²) in [4.78, 5) is 14.3. The summed E-state index contributed by atoms with van der Waals surface area (Å²) in [5.41, 5.74) is 1.73. The van der Waals surface area contributed by atoms with E-state index < -0.39 is 0 Å². The van der Waals surface area contributed by atoms with Crippen LogP contribution in [0.1, 0.15) is 11.6 Å². The molecule has 0 bridgehead atoms. The minimum absolute atomic E-state index is 0.0719. The lowest BCUT2D eigenvalue weighted by Gasteiger charge is -2.35. The Balaban J connectivity index is 1.78. The SMILES string of the molecule is O=C(Nc1ccsc1Cl)N1CCOCC1c1ccccc1. The van der Waals surface area contributed by atoms with Gasteiger partial charge in [-0.15, -0.1) is 11.3 Å². The van der Waals surface area contributed by atoms with Crippen LogP contribution in [0.4, 0.5) is 10.5 Å². The molecule has 4 nitrogen and oxygen atoms in total. The quantitative estimate of drug-likeness (QED) is 0.907. The van der Waals surface area contributed by atoms with E-state index in [1.54, 1.807) is 4.90 Å². The van der Waals surface area contributed by atoms with E-state index in [1.807, 2.05) is 41.8 Å². The van der Waals surface area contributed by atoms with E-state index >= 15 is 0 Å². The van der Waals surface area contributed by atoms with E-state index in [4.69, 9.17) is 16.3 Å². The molecule has 2 aromatic rings. The lowest BCUT2D eigenvalue weighted by atomic mass is 10.1.